The number of carbonyl (C=O) groups is 2. The summed E-state index contributed by atoms with van der Waals surface area (Å²) in [6, 6.07) is 13.4. The van der Waals surface area contributed by atoms with Crippen molar-refractivity contribution in [1.82, 2.24) is 10.6 Å². The molecule has 2 aromatic rings. The molecule has 1 aromatic heterocycles. The van der Waals surface area contributed by atoms with E-state index < -0.39 is 6.10 Å². The van der Waals surface area contributed by atoms with Crippen molar-refractivity contribution in [1.29, 1.82) is 0 Å². The highest BCUT2D eigenvalue weighted by Crippen LogP contribution is 2.26. The molecule has 150 valence electrons. The van der Waals surface area contributed by atoms with Crippen molar-refractivity contribution < 1.29 is 14.3 Å². The second kappa shape index (κ2) is 9.34. The van der Waals surface area contributed by atoms with Gasteiger partial charge >= 0.3 is 0 Å². The van der Waals surface area contributed by atoms with Crippen LogP contribution in [0.25, 0.3) is 0 Å². The maximum atomic E-state index is 12.8. The van der Waals surface area contributed by atoms with Gasteiger partial charge in [-0.1, -0.05) is 30.3 Å². The van der Waals surface area contributed by atoms with Crippen LogP contribution in [0.5, 0.6) is 0 Å². The number of hydrogen-bond acceptors (Lipinski definition) is 4. The highest BCUT2D eigenvalue weighted by Gasteiger charge is 2.33. The number of benzene rings is 1. The number of hydrogen-bond donors (Lipinski definition) is 2. The van der Waals surface area contributed by atoms with Gasteiger partial charge < -0.3 is 15.4 Å². The Bertz CT molecular complexity index is 805. The van der Waals surface area contributed by atoms with E-state index in [0.29, 0.717) is 0 Å². The number of rotatable bonds is 7. The summed E-state index contributed by atoms with van der Waals surface area (Å²) in [7, 11) is 1.54. The predicted octanol–water partition coefficient (Wildman–Crippen LogP) is 3.70. The second-order valence-corrected chi connectivity index (χ2v) is 8.68. The maximum Gasteiger partial charge on any atom is 0.254 e. The molecule has 3 rings (SSSR count). The molecule has 4 atom stereocenters. The predicted molar refractivity (Wildman–Crippen MR) is 111 cm³/mol. The van der Waals surface area contributed by atoms with Crippen molar-refractivity contribution in [3.8, 4) is 0 Å². The molecule has 1 aliphatic rings. The van der Waals surface area contributed by atoms with Crippen molar-refractivity contribution in [2.75, 3.05) is 7.11 Å². The summed E-state index contributed by atoms with van der Waals surface area (Å²) in [6.07, 6.45) is 2.06. The molecule has 2 amide bonds. The number of nitrogens with one attached hydrogen (secondary N) is 2. The first-order valence-electron chi connectivity index (χ1n) is 9.74. The molecule has 6 heteroatoms. The molecule has 5 nitrogen and oxygen atoms in total. The molecule has 1 unspecified atom stereocenters. The smallest absolute Gasteiger partial charge is 0.254 e. The van der Waals surface area contributed by atoms with Crippen LogP contribution in [-0.4, -0.2) is 31.0 Å². The monoisotopic (exact) mass is 400 g/mol. The first kappa shape index (κ1) is 20.6. The minimum absolute atomic E-state index is 0.0133. The number of ether oxygens (including phenoxy) is 1. The summed E-state index contributed by atoms with van der Waals surface area (Å²) < 4.78 is 5.43. The van der Waals surface area contributed by atoms with E-state index in [1.54, 1.807) is 11.3 Å². The van der Waals surface area contributed by atoms with Gasteiger partial charge in [0.1, 0.15) is 0 Å². The van der Waals surface area contributed by atoms with Crippen molar-refractivity contribution in [3.05, 3.63) is 57.8 Å². The lowest BCUT2D eigenvalue weighted by Crippen LogP contribution is -2.50. The summed E-state index contributed by atoms with van der Waals surface area (Å²) in [5, 5.41) is 6.24. The zero-order valence-corrected chi connectivity index (χ0v) is 17.4. The molecule has 0 radical (unpaired) electrons. The Hall–Kier alpha value is -2.18. The van der Waals surface area contributed by atoms with E-state index in [1.165, 1.54) is 12.0 Å². The molecule has 1 heterocycles. The minimum atomic E-state index is -0.647. The number of methoxy groups -OCH3 is 1. The van der Waals surface area contributed by atoms with Gasteiger partial charge in [-0.3, -0.25) is 9.59 Å². The molecule has 1 aromatic carbocycles. The lowest BCUT2D eigenvalue weighted by atomic mass is 10.1. The average Bonchev–Trinajstić information content (AvgIpc) is 3.31. The Balaban J connectivity index is 1.61. The Labute approximate surface area is 170 Å². The molecule has 2 N–H and O–H groups in total. The van der Waals surface area contributed by atoms with Crippen LogP contribution in [0.1, 0.15) is 53.5 Å². The quantitative estimate of drug-likeness (QED) is 0.745. The van der Waals surface area contributed by atoms with Crippen molar-refractivity contribution in [3.63, 3.8) is 0 Å². The first-order valence-corrected chi connectivity index (χ1v) is 10.6. The van der Waals surface area contributed by atoms with Crippen LogP contribution >= 0.6 is 11.3 Å². The van der Waals surface area contributed by atoms with E-state index >= 15 is 0 Å². The highest BCUT2D eigenvalue weighted by molar-refractivity contribution is 7.12. The molecule has 0 saturated heterocycles. The maximum absolute atomic E-state index is 12.8. The zero-order valence-electron chi connectivity index (χ0n) is 16.6. The third kappa shape index (κ3) is 4.80. The SMILES string of the molecule is CO[C@@H](C(=O)N[C@@H]1CCC[C@@H]1NC(=O)C(C)c1ccc(C)s1)c1ccccc1. The van der Waals surface area contributed by atoms with Crippen LogP contribution in [0.4, 0.5) is 0 Å². The number of thiophene rings is 1. The Morgan fingerprint density at radius 2 is 1.68 bits per heavy atom. The lowest BCUT2D eigenvalue weighted by Gasteiger charge is -2.25. The van der Waals surface area contributed by atoms with Gasteiger partial charge in [0.25, 0.3) is 5.91 Å². The van der Waals surface area contributed by atoms with Gasteiger partial charge in [-0.2, -0.15) is 0 Å². The topological polar surface area (TPSA) is 67.4 Å². The van der Waals surface area contributed by atoms with Crippen molar-refractivity contribution in [2.45, 2.75) is 57.2 Å². The number of carbonyl (C=O) groups excluding carboxylic acids is 2. The second-order valence-electron chi connectivity index (χ2n) is 7.36. The van der Waals surface area contributed by atoms with Gasteiger partial charge in [0.2, 0.25) is 5.91 Å². The molecule has 0 spiro atoms. The van der Waals surface area contributed by atoms with Crippen LogP contribution in [0, 0.1) is 6.92 Å². The fourth-order valence-corrected chi connectivity index (χ4v) is 4.64. The van der Waals surface area contributed by atoms with Gasteiger partial charge in [0.15, 0.2) is 6.10 Å². The largest absolute Gasteiger partial charge is 0.367 e. The van der Waals surface area contributed by atoms with E-state index in [1.807, 2.05) is 56.3 Å². The first-order chi connectivity index (χ1) is 13.5. The molecule has 1 fully saturated rings. The van der Waals surface area contributed by atoms with Gasteiger partial charge in [-0.15, -0.1) is 11.3 Å². The molecule has 0 aliphatic heterocycles. The van der Waals surface area contributed by atoms with Gasteiger partial charge in [-0.05, 0) is 50.8 Å². The Morgan fingerprint density at radius 3 is 2.25 bits per heavy atom. The molecular weight excluding hydrogens is 372 g/mol. The van der Waals surface area contributed by atoms with E-state index in [9.17, 15) is 9.59 Å². The van der Waals surface area contributed by atoms with Crippen LogP contribution in [0.3, 0.4) is 0 Å². The van der Waals surface area contributed by atoms with E-state index in [2.05, 4.69) is 10.6 Å². The number of amides is 2. The van der Waals surface area contributed by atoms with Crippen molar-refractivity contribution >= 4 is 23.2 Å². The zero-order chi connectivity index (χ0) is 20.1. The highest BCUT2D eigenvalue weighted by atomic mass is 32.1. The average molecular weight is 401 g/mol. The number of aryl methyl sites for hydroxylation is 1. The Kier molecular flexibility index (Phi) is 6.86. The molecule has 1 aliphatic carbocycles. The van der Waals surface area contributed by atoms with Crippen LogP contribution in [0.15, 0.2) is 42.5 Å². The van der Waals surface area contributed by atoms with Crippen molar-refractivity contribution in [2.24, 2.45) is 0 Å². The van der Waals surface area contributed by atoms with E-state index in [-0.39, 0.29) is 29.8 Å². The lowest BCUT2D eigenvalue weighted by molar-refractivity contribution is -0.132. The van der Waals surface area contributed by atoms with E-state index in [0.717, 1.165) is 29.7 Å². The summed E-state index contributed by atoms with van der Waals surface area (Å²) in [5.74, 6) is -0.340. The van der Waals surface area contributed by atoms with E-state index in [4.69, 9.17) is 4.74 Å². The Morgan fingerprint density at radius 1 is 1.04 bits per heavy atom. The minimum Gasteiger partial charge on any atom is -0.367 e. The summed E-state index contributed by atoms with van der Waals surface area (Å²) in [5.41, 5.74) is 0.822. The van der Waals surface area contributed by atoms with Crippen LogP contribution < -0.4 is 10.6 Å². The molecular formula is C22H28N2O3S. The van der Waals surface area contributed by atoms with Gasteiger partial charge in [0, 0.05) is 28.9 Å². The van der Waals surface area contributed by atoms with Crippen LogP contribution in [-0.2, 0) is 14.3 Å². The summed E-state index contributed by atoms with van der Waals surface area (Å²) >= 11 is 1.65. The summed E-state index contributed by atoms with van der Waals surface area (Å²) in [4.78, 5) is 27.8. The normalized spacial score (nSPS) is 21.1. The molecule has 0 bridgehead atoms. The fraction of sp³-hybridized carbons (Fsp3) is 0.455. The van der Waals surface area contributed by atoms with Gasteiger partial charge in [-0.25, -0.2) is 0 Å². The van der Waals surface area contributed by atoms with Crippen LogP contribution in [0.2, 0.25) is 0 Å². The fourth-order valence-electron chi connectivity index (χ4n) is 3.71. The summed E-state index contributed by atoms with van der Waals surface area (Å²) in [6.45, 7) is 3.97. The third-order valence-corrected chi connectivity index (χ3v) is 6.51. The third-order valence-electron chi connectivity index (χ3n) is 5.33. The van der Waals surface area contributed by atoms with Gasteiger partial charge in [0.05, 0.1) is 5.92 Å². The molecule has 1 saturated carbocycles. The standard InChI is InChI=1S/C22H28N2O3S/c1-14-12-13-19(28-14)15(2)21(25)23-17-10-7-11-18(17)24-22(26)20(27-3)16-8-5-4-6-9-16/h4-6,8-9,12-13,15,17-18,20H,7,10-11H2,1-3H3,(H,23,25)(H,24,26)/t15?,17-,18+,20+/m0/s1. The molecule has 28 heavy (non-hydrogen) atoms.